The van der Waals surface area contributed by atoms with E-state index in [1.165, 1.54) is 5.69 Å². The summed E-state index contributed by atoms with van der Waals surface area (Å²) < 4.78 is 1.11. The summed E-state index contributed by atoms with van der Waals surface area (Å²) in [5.74, 6) is 0. The van der Waals surface area contributed by atoms with Gasteiger partial charge < -0.3 is 4.90 Å². The number of nitrogens with zero attached hydrogens (tertiary/aromatic N) is 3. The first-order valence-corrected chi connectivity index (χ1v) is 6.64. The lowest BCUT2D eigenvalue weighted by Crippen LogP contribution is -2.49. The van der Waals surface area contributed by atoms with Crippen LogP contribution in [-0.2, 0) is 0 Å². The van der Waals surface area contributed by atoms with E-state index >= 15 is 0 Å². The first kappa shape index (κ1) is 12.4. The summed E-state index contributed by atoms with van der Waals surface area (Å²) >= 11 is 3.44. The lowest BCUT2D eigenvalue weighted by atomic mass is 10.2. The third-order valence-electron chi connectivity index (χ3n) is 3.24. The number of hydrogen-bond donors (Lipinski definition) is 0. The molecule has 0 spiro atoms. The van der Waals surface area contributed by atoms with E-state index < -0.39 is 0 Å². The normalized spacial score (nSPS) is 18.8. The fourth-order valence-corrected chi connectivity index (χ4v) is 2.37. The Labute approximate surface area is 111 Å². The second-order valence-electron chi connectivity index (χ2n) is 4.30. The number of rotatable bonds is 2. The quantitative estimate of drug-likeness (QED) is 0.839. The van der Waals surface area contributed by atoms with E-state index in [0.29, 0.717) is 0 Å². The second-order valence-corrected chi connectivity index (χ2v) is 5.22. The van der Waals surface area contributed by atoms with Crippen molar-refractivity contribution in [2.75, 3.05) is 31.1 Å². The van der Waals surface area contributed by atoms with E-state index in [9.17, 15) is 0 Å². The zero-order valence-electron chi connectivity index (χ0n) is 9.93. The molecule has 0 aromatic heterocycles. The molecule has 1 fully saturated rings. The minimum atomic E-state index is 0.0297. The average Bonchev–Trinajstić information content (AvgIpc) is 2.39. The van der Waals surface area contributed by atoms with Crippen LogP contribution in [-0.4, -0.2) is 37.1 Å². The van der Waals surface area contributed by atoms with Gasteiger partial charge in [0.1, 0.15) is 0 Å². The van der Waals surface area contributed by atoms with Gasteiger partial charge in [-0.3, -0.25) is 4.90 Å². The molecule has 0 saturated carbocycles. The SMILES string of the molecule is CC(C#N)N1CCN(c2ccc(Br)cc2)CC1. The monoisotopic (exact) mass is 293 g/mol. The van der Waals surface area contributed by atoms with Crippen molar-refractivity contribution in [2.24, 2.45) is 0 Å². The van der Waals surface area contributed by atoms with Crippen LogP contribution in [0.5, 0.6) is 0 Å². The molecule has 1 heterocycles. The van der Waals surface area contributed by atoms with Crippen molar-refractivity contribution < 1.29 is 0 Å². The molecular weight excluding hydrogens is 278 g/mol. The van der Waals surface area contributed by atoms with Gasteiger partial charge in [0.25, 0.3) is 0 Å². The molecule has 17 heavy (non-hydrogen) atoms. The first-order chi connectivity index (χ1) is 8.20. The van der Waals surface area contributed by atoms with Crippen LogP contribution in [0.25, 0.3) is 0 Å². The summed E-state index contributed by atoms with van der Waals surface area (Å²) in [6.45, 7) is 5.88. The summed E-state index contributed by atoms with van der Waals surface area (Å²) in [5, 5.41) is 8.89. The molecule has 0 radical (unpaired) electrons. The fourth-order valence-electron chi connectivity index (χ4n) is 2.10. The summed E-state index contributed by atoms with van der Waals surface area (Å²) in [4.78, 5) is 4.60. The maximum atomic E-state index is 8.89. The van der Waals surface area contributed by atoms with Crippen LogP contribution >= 0.6 is 15.9 Å². The van der Waals surface area contributed by atoms with Crippen molar-refractivity contribution in [3.63, 3.8) is 0 Å². The Kier molecular flexibility index (Phi) is 4.03. The average molecular weight is 294 g/mol. The maximum absolute atomic E-state index is 8.89. The number of piperazine rings is 1. The highest BCUT2D eigenvalue weighted by Gasteiger charge is 2.20. The molecule has 3 nitrogen and oxygen atoms in total. The van der Waals surface area contributed by atoms with Gasteiger partial charge in [-0.2, -0.15) is 5.26 Å². The van der Waals surface area contributed by atoms with Crippen LogP contribution in [0, 0.1) is 11.3 Å². The summed E-state index contributed by atoms with van der Waals surface area (Å²) in [6, 6.07) is 10.7. The highest BCUT2D eigenvalue weighted by molar-refractivity contribution is 9.10. The van der Waals surface area contributed by atoms with Gasteiger partial charge in [-0.25, -0.2) is 0 Å². The number of nitriles is 1. The number of benzene rings is 1. The molecule has 0 amide bonds. The molecular formula is C13H16BrN3. The molecule has 1 aromatic carbocycles. The second kappa shape index (κ2) is 5.52. The predicted molar refractivity (Wildman–Crippen MR) is 73.0 cm³/mol. The van der Waals surface area contributed by atoms with Gasteiger partial charge >= 0.3 is 0 Å². The van der Waals surface area contributed by atoms with Gasteiger partial charge in [-0.1, -0.05) is 15.9 Å². The maximum Gasteiger partial charge on any atom is 0.0950 e. The minimum absolute atomic E-state index is 0.0297. The molecule has 2 rings (SSSR count). The van der Waals surface area contributed by atoms with E-state index in [1.54, 1.807) is 0 Å². The Bertz CT molecular complexity index is 402. The van der Waals surface area contributed by atoms with Gasteiger partial charge in [0.05, 0.1) is 12.1 Å². The Balaban J connectivity index is 1.95. The minimum Gasteiger partial charge on any atom is -0.369 e. The smallest absolute Gasteiger partial charge is 0.0950 e. The van der Waals surface area contributed by atoms with Crippen LogP contribution in [0.4, 0.5) is 5.69 Å². The zero-order chi connectivity index (χ0) is 12.3. The van der Waals surface area contributed by atoms with E-state index in [4.69, 9.17) is 5.26 Å². The molecule has 1 aliphatic heterocycles. The van der Waals surface area contributed by atoms with Crippen molar-refractivity contribution in [3.8, 4) is 6.07 Å². The van der Waals surface area contributed by atoms with E-state index in [0.717, 1.165) is 30.7 Å². The highest BCUT2D eigenvalue weighted by atomic mass is 79.9. The standard InChI is InChI=1S/C13H16BrN3/c1-11(10-15)16-6-8-17(9-7-16)13-4-2-12(14)3-5-13/h2-5,11H,6-9H2,1H3. The van der Waals surface area contributed by atoms with E-state index in [2.05, 4.69) is 56.1 Å². The molecule has 90 valence electrons. The lowest BCUT2D eigenvalue weighted by molar-refractivity contribution is 0.231. The largest absolute Gasteiger partial charge is 0.369 e. The molecule has 0 aliphatic carbocycles. The number of halogens is 1. The highest BCUT2D eigenvalue weighted by Crippen LogP contribution is 2.20. The summed E-state index contributed by atoms with van der Waals surface area (Å²) in [5.41, 5.74) is 1.26. The van der Waals surface area contributed by atoms with Crippen molar-refractivity contribution in [2.45, 2.75) is 13.0 Å². The Hall–Kier alpha value is -1.05. The molecule has 1 unspecified atom stereocenters. The van der Waals surface area contributed by atoms with Gasteiger partial charge in [-0.15, -0.1) is 0 Å². The van der Waals surface area contributed by atoms with Crippen LogP contribution < -0.4 is 4.90 Å². The van der Waals surface area contributed by atoms with Crippen molar-refractivity contribution >= 4 is 21.6 Å². The third-order valence-corrected chi connectivity index (χ3v) is 3.77. The van der Waals surface area contributed by atoms with Crippen molar-refractivity contribution in [3.05, 3.63) is 28.7 Å². The molecule has 1 aliphatic rings. The lowest BCUT2D eigenvalue weighted by Gasteiger charge is -2.37. The van der Waals surface area contributed by atoms with Crippen LogP contribution in [0.1, 0.15) is 6.92 Å². The van der Waals surface area contributed by atoms with Crippen molar-refractivity contribution in [1.29, 1.82) is 5.26 Å². The van der Waals surface area contributed by atoms with Crippen LogP contribution in [0.15, 0.2) is 28.7 Å². The first-order valence-electron chi connectivity index (χ1n) is 5.85. The third kappa shape index (κ3) is 2.99. The summed E-state index contributed by atoms with van der Waals surface area (Å²) in [7, 11) is 0. The van der Waals surface area contributed by atoms with Crippen LogP contribution in [0.3, 0.4) is 0 Å². The predicted octanol–water partition coefficient (Wildman–Crippen LogP) is 2.48. The Morgan fingerprint density at radius 2 is 1.76 bits per heavy atom. The van der Waals surface area contributed by atoms with Gasteiger partial charge in [0, 0.05) is 36.3 Å². The van der Waals surface area contributed by atoms with Crippen LogP contribution in [0.2, 0.25) is 0 Å². The molecule has 0 bridgehead atoms. The molecule has 1 aromatic rings. The number of hydrogen-bond acceptors (Lipinski definition) is 3. The molecule has 4 heteroatoms. The topological polar surface area (TPSA) is 30.3 Å². The van der Waals surface area contributed by atoms with E-state index in [1.807, 2.05) is 6.92 Å². The van der Waals surface area contributed by atoms with Gasteiger partial charge in [0.15, 0.2) is 0 Å². The number of anilines is 1. The fraction of sp³-hybridized carbons (Fsp3) is 0.462. The Morgan fingerprint density at radius 3 is 2.29 bits per heavy atom. The van der Waals surface area contributed by atoms with Crippen molar-refractivity contribution in [1.82, 2.24) is 4.90 Å². The summed E-state index contributed by atoms with van der Waals surface area (Å²) in [6.07, 6.45) is 0. The van der Waals surface area contributed by atoms with E-state index in [-0.39, 0.29) is 6.04 Å². The molecule has 0 N–H and O–H groups in total. The molecule has 1 saturated heterocycles. The zero-order valence-corrected chi connectivity index (χ0v) is 11.5. The van der Waals surface area contributed by atoms with Gasteiger partial charge in [-0.05, 0) is 31.2 Å². The molecule has 1 atom stereocenters. The Morgan fingerprint density at radius 1 is 1.18 bits per heavy atom. The van der Waals surface area contributed by atoms with Gasteiger partial charge in [0.2, 0.25) is 0 Å².